The Kier molecular flexibility index (Phi) is 5.40. The van der Waals surface area contributed by atoms with Crippen molar-refractivity contribution in [3.63, 3.8) is 0 Å². The smallest absolute Gasteiger partial charge is 0.239 e. The molecule has 0 bridgehead atoms. The zero-order chi connectivity index (χ0) is 13.0. The van der Waals surface area contributed by atoms with Crippen molar-refractivity contribution in [2.75, 3.05) is 13.7 Å². The molecule has 0 unspecified atom stereocenters. The van der Waals surface area contributed by atoms with Gasteiger partial charge in [0.1, 0.15) is 0 Å². The van der Waals surface area contributed by atoms with Crippen molar-refractivity contribution in [3.05, 3.63) is 0 Å². The lowest BCUT2D eigenvalue weighted by atomic mass is 10.1. The molecule has 1 aliphatic heterocycles. The molecule has 4 heteroatoms. The lowest BCUT2D eigenvalue weighted by Crippen LogP contribution is -2.51. The Morgan fingerprint density at radius 2 is 2.00 bits per heavy atom. The molecule has 17 heavy (non-hydrogen) atoms. The molecule has 1 amide bonds. The number of carbonyl (C=O) groups is 1. The molecule has 1 aliphatic rings. The summed E-state index contributed by atoms with van der Waals surface area (Å²) in [5, 5.41) is 3.34. The van der Waals surface area contributed by atoms with E-state index in [1.807, 2.05) is 27.8 Å². The molecule has 0 aromatic heterocycles. The second-order valence-electron chi connectivity index (χ2n) is 5.27. The molecule has 1 fully saturated rings. The third-order valence-corrected chi connectivity index (χ3v) is 3.53. The van der Waals surface area contributed by atoms with Gasteiger partial charge in [-0.05, 0) is 40.5 Å². The van der Waals surface area contributed by atoms with Crippen LogP contribution < -0.4 is 5.32 Å². The van der Waals surface area contributed by atoms with Crippen molar-refractivity contribution in [2.24, 2.45) is 0 Å². The first-order valence-corrected chi connectivity index (χ1v) is 6.57. The Labute approximate surface area is 105 Å². The van der Waals surface area contributed by atoms with Crippen LogP contribution in [0, 0.1) is 0 Å². The molecule has 1 N–H and O–H groups in total. The van der Waals surface area contributed by atoms with Crippen LogP contribution in [0.1, 0.15) is 40.5 Å². The summed E-state index contributed by atoms with van der Waals surface area (Å²) in [5.41, 5.74) is 0. The fourth-order valence-corrected chi connectivity index (χ4v) is 2.13. The van der Waals surface area contributed by atoms with Gasteiger partial charge < -0.3 is 15.0 Å². The van der Waals surface area contributed by atoms with Crippen molar-refractivity contribution in [1.29, 1.82) is 0 Å². The van der Waals surface area contributed by atoms with Gasteiger partial charge in [0, 0.05) is 25.7 Å². The van der Waals surface area contributed by atoms with Crippen LogP contribution >= 0.6 is 0 Å². The summed E-state index contributed by atoms with van der Waals surface area (Å²) in [6.45, 7) is 8.91. The van der Waals surface area contributed by atoms with Gasteiger partial charge in [-0.3, -0.25) is 4.79 Å². The van der Waals surface area contributed by atoms with Gasteiger partial charge in [0.15, 0.2) is 0 Å². The van der Waals surface area contributed by atoms with Gasteiger partial charge in [-0.1, -0.05) is 0 Å². The number of rotatable bonds is 5. The maximum absolute atomic E-state index is 12.1. The van der Waals surface area contributed by atoms with Gasteiger partial charge in [0.05, 0.1) is 12.1 Å². The number of likely N-dealkylation sites (N-methyl/N-ethyl adjacent to an activating group) is 1. The first-order chi connectivity index (χ1) is 7.93. The fraction of sp³-hybridized carbons (Fsp3) is 0.923. The van der Waals surface area contributed by atoms with Gasteiger partial charge in [0.2, 0.25) is 5.91 Å². The van der Waals surface area contributed by atoms with Crippen molar-refractivity contribution >= 4 is 5.91 Å². The SMILES string of the molecule is CC(C)N(C)C(=O)[C@H](C)N[C@H](C)[C@@H]1CCCO1. The molecule has 100 valence electrons. The molecule has 1 saturated heterocycles. The van der Waals surface area contributed by atoms with Crippen molar-refractivity contribution in [3.8, 4) is 0 Å². The van der Waals surface area contributed by atoms with E-state index < -0.39 is 0 Å². The summed E-state index contributed by atoms with van der Waals surface area (Å²) in [6, 6.07) is 0.323. The van der Waals surface area contributed by atoms with Crippen LogP contribution in [0.2, 0.25) is 0 Å². The molecule has 0 saturated carbocycles. The highest BCUT2D eigenvalue weighted by Gasteiger charge is 2.26. The highest BCUT2D eigenvalue weighted by molar-refractivity contribution is 5.81. The van der Waals surface area contributed by atoms with Crippen LogP contribution in [0.5, 0.6) is 0 Å². The van der Waals surface area contributed by atoms with Crippen molar-refractivity contribution < 1.29 is 9.53 Å². The molecule has 0 radical (unpaired) electrons. The summed E-state index contributed by atoms with van der Waals surface area (Å²) < 4.78 is 5.62. The first-order valence-electron chi connectivity index (χ1n) is 6.57. The van der Waals surface area contributed by atoms with E-state index in [9.17, 15) is 4.79 Å². The number of nitrogens with one attached hydrogen (secondary N) is 1. The van der Waals surface area contributed by atoms with E-state index in [-0.39, 0.29) is 30.1 Å². The summed E-state index contributed by atoms with van der Waals surface area (Å²) >= 11 is 0. The summed E-state index contributed by atoms with van der Waals surface area (Å²) in [7, 11) is 1.85. The van der Waals surface area contributed by atoms with Gasteiger partial charge in [0.25, 0.3) is 0 Å². The van der Waals surface area contributed by atoms with Gasteiger partial charge in [-0.25, -0.2) is 0 Å². The monoisotopic (exact) mass is 242 g/mol. The van der Waals surface area contributed by atoms with Crippen LogP contribution in [0.15, 0.2) is 0 Å². The maximum Gasteiger partial charge on any atom is 0.239 e. The second-order valence-corrected chi connectivity index (χ2v) is 5.27. The standard InChI is InChI=1S/C13H26N2O2/c1-9(2)15(5)13(16)11(4)14-10(3)12-7-6-8-17-12/h9-12,14H,6-8H2,1-5H3/t10-,11+,12+/m1/s1. The van der Waals surface area contributed by atoms with Crippen LogP contribution in [0.4, 0.5) is 0 Å². The third kappa shape index (κ3) is 3.96. The average Bonchev–Trinajstić information content (AvgIpc) is 2.80. The zero-order valence-corrected chi connectivity index (χ0v) is 11.7. The predicted molar refractivity (Wildman–Crippen MR) is 68.9 cm³/mol. The Bertz CT molecular complexity index is 250. The van der Waals surface area contributed by atoms with Gasteiger partial charge >= 0.3 is 0 Å². The van der Waals surface area contributed by atoms with Crippen LogP contribution in [-0.4, -0.2) is 48.7 Å². The Balaban J connectivity index is 2.42. The van der Waals surface area contributed by atoms with E-state index in [1.165, 1.54) is 0 Å². The van der Waals surface area contributed by atoms with E-state index in [1.54, 1.807) is 4.90 Å². The number of amides is 1. The largest absolute Gasteiger partial charge is 0.377 e. The second kappa shape index (κ2) is 6.36. The normalized spacial score (nSPS) is 23.8. The Morgan fingerprint density at radius 1 is 1.35 bits per heavy atom. The minimum Gasteiger partial charge on any atom is -0.377 e. The number of hydrogen-bond donors (Lipinski definition) is 1. The summed E-state index contributed by atoms with van der Waals surface area (Å²) in [5.74, 6) is 0.143. The Hall–Kier alpha value is -0.610. The molecule has 1 rings (SSSR count). The molecule has 3 atom stereocenters. The minimum absolute atomic E-state index is 0.143. The van der Waals surface area contributed by atoms with Gasteiger partial charge in [-0.15, -0.1) is 0 Å². The van der Waals surface area contributed by atoms with Crippen molar-refractivity contribution in [1.82, 2.24) is 10.2 Å². The van der Waals surface area contributed by atoms with E-state index in [2.05, 4.69) is 12.2 Å². The van der Waals surface area contributed by atoms with E-state index in [0.29, 0.717) is 0 Å². The third-order valence-electron chi connectivity index (χ3n) is 3.53. The molecular formula is C13H26N2O2. The Morgan fingerprint density at radius 3 is 2.47 bits per heavy atom. The van der Waals surface area contributed by atoms with Gasteiger partial charge in [-0.2, -0.15) is 0 Å². The van der Waals surface area contributed by atoms with Crippen LogP contribution in [-0.2, 0) is 9.53 Å². The quantitative estimate of drug-likeness (QED) is 0.792. The summed E-state index contributed by atoms with van der Waals surface area (Å²) in [4.78, 5) is 13.8. The first kappa shape index (κ1) is 14.5. The number of carbonyl (C=O) groups excluding carboxylic acids is 1. The lowest BCUT2D eigenvalue weighted by Gasteiger charge is -2.29. The molecule has 0 aromatic carbocycles. The van der Waals surface area contributed by atoms with E-state index in [0.717, 1.165) is 19.4 Å². The number of ether oxygens (including phenoxy) is 1. The summed E-state index contributed by atoms with van der Waals surface area (Å²) in [6.07, 6.45) is 2.48. The van der Waals surface area contributed by atoms with Crippen LogP contribution in [0.3, 0.4) is 0 Å². The number of hydrogen-bond acceptors (Lipinski definition) is 3. The topological polar surface area (TPSA) is 41.6 Å². The molecule has 0 spiro atoms. The molecule has 0 aliphatic carbocycles. The molecule has 1 heterocycles. The lowest BCUT2D eigenvalue weighted by molar-refractivity contribution is -0.133. The molecule has 4 nitrogen and oxygen atoms in total. The highest BCUT2D eigenvalue weighted by atomic mass is 16.5. The van der Waals surface area contributed by atoms with Crippen LogP contribution in [0.25, 0.3) is 0 Å². The molecular weight excluding hydrogens is 216 g/mol. The van der Waals surface area contributed by atoms with E-state index >= 15 is 0 Å². The average molecular weight is 242 g/mol. The zero-order valence-electron chi connectivity index (χ0n) is 11.7. The van der Waals surface area contributed by atoms with Crippen molar-refractivity contribution in [2.45, 2.75) is 64.8 Å². The highest BCUT2D eigenvalue weighted by Crippen LogP contribution is 2.15. The predicted octanol–water partition coefficient (Wildman–Crippen LogP) is 1.40. The fourth-order valence-electron chi connectivity index (χ4n) is 2.13. The van der Waals surface area contributed by atoms with E-state index in [4.69, 9.17) is 4.74 Å². The minimum atomic E-state index is -0.151. The maximum atomic E-state index is 12.1. The molecule has 0 aromatic rings. The number of nitrogens with zero attached hydrogens (tertiary/aromatic N) is 1.